The quantitative estimate of drug-likeness (QED) is 0.204. The zero-order valence-corrected chi connectivity index (χ0v) is 20.5. The molecule has 0 saturated heterocycles. The van der Waals surface area contributed by atoms with Gasteiger partial charge in [-0.25, -0.2) is 22.5 Å². The number of aromatic nitrogens is 2. The molecule has 0 bridgehead atoms. The largest absolute Gasteiger partial charge is 0.417 e. The van der Waals surface area contributed by atoms with Gasteiger partial charge < -0.3 is 4.42 Å². The summed E-state index contributed by atoms with van der Waals surface area (Å²) in [5, 5.41) is 0. The fourth-order valence-corrected chi connectivity index (χ4v) is 4.33. The standard InChI is InChI=1S/C23H21N3O4S.CH3Br/c27-23-25-21(18-8-3-1-4-9-18)22(30-23)19-10-12-20(13-11-19)31(28,29)24-14-7-17-26-15-5-2-6-16-26;1-2/h1-6,8-13,15-16,24H,7,14,17H2;1H3/p+1. The Balaban J connectivity index is 0.00000149. The Morgan fingerprint density at radius 2 is 1.55 bits per heavy atom. The van der Waals surface area contributed by atoms with Gasteiger partial charge in [0.1, 0.15) is 6.54 Å². The van der Waals surface area contributed by atoms with Crippen molar-refractivity contribution >= 4 is 26.0 Å². The van der Waals surface area contributed by atoms with E-state index in [2.05, 4.69) is 25.6 Å². The predicted octanol–water partition coefficient (Wildman–Crippen LogP) is 3.97. The van der Waals surface area contributed by atoms with Crippen molar-refractivity contribution in [1.29, 1.82) is 0 Å². The highest BCUT2D eigenvalue weighted by atomic mass is 79.9. The van der Waals surface area contributed by atoms with Crippen molar-refractivity contribution in [3.8, 4) is 22.6 Å². The van der Waals surface area contributed by atoms with E-state index in [9.17, 15) is 13.2 Å². The first-order valence-electron chi connectivity index (χ1n) is 10.2. The first kappa shape index (κ1) is 24.6. The van der Waals surface area contributed by atoms with Crippen LogP contribution in [-0.4, -0.2) is 25.8 Å². The van der Waals surface area contributed by atoms with Gasteiger partial charge in [-0.2, -0.15) is 0 Å². The highest BCUT2D eigenvalue weighted by molar-refractivity contribution is 9.08. The number of pyridine rings is 1. The van der Waals surface area contributed by atoms with Crippen molar-refractivity contribution in [3.63, 3.8) is 0 Å². The summed E-state index contributed by atoms with van der Waals surface area (Å²) in [4.78, 5) is 14.7. The summed E-state index contributed by atoms with van der Waals surface area (Å²) in [5.74, 6) is 1.61. The molecule has 0 unspecified atom stereocenters. The van der Waals surface area contributed by atoms with Crippen LogP contribution in [0.1, 0.15) is 6.42 Å². The number of rotatable bonds is 8. The smallest absolute Gasteiger partial charge is 0.407 e. The number of halogens is 1. The van der Waals surface area contributed by atoms with E-state index in [1.54, 1.807) is 12.1 Å². The van der Waals surface area contributed by atoms with Crippen molar-refractivity contribution < 1.29 is 17.4 Å². The molecular weight excluding hydrogens is 506 g/mol. The molecule has 0 spiro atoms. The summed E-state index contributed by atoms with van der Waals surface area (Å²) in [6.07, 6.45) is 4.55. The maximum atomic E-state index is 12.6. The van der Waals surface area contributed by atoms with E-state index in [-0.39, 0.29) is 4.90 Å². The molecule has 0 radical (unpaired) electrons. The van der Waals surface area contributed by atoms with Crippen LogP contribution in [0.15, 0.2) is 99.3 Å². The maximum absolute atomic E-state index is 12.6. The molecule has 0 aliphatic heterocycles. The van der Waals surface area contributed by atoms with E-state index in [4.69, 9.17) is 4.42 Å². The molecule has 0 fully saturated rings. The molecule has 0 saturated carbocycles. The van der Waals surface area contributed by atoms with Crippen LogP contribution in [0.25, 0.3) is 22.6 Å². The van der Waals surface area contributed by atoms with Gasteiger partial charge >= 0.3 is 5.76 Å². The minimum Gasteiger partial charge on any atom is -0.407 e. The van der Waals surface area contributed by atoms with Crippen LogP contribution in [0.4, 0.5) is 0 Å². The number of nitrogens with zero attached hydrogens (tertiary/aromatic N) is 1. The number of hydrogen-bond donors (Lipinski definition) is 2. The van der Waals surface area contributed by atoms with Crippen LogP contribution in [0.5, 0.6) is 0 Å². The topological polar surface area (TPSA) is 96.0 Å². The second-order valence-corrected chi connectivity index (χ2v) is 8.74. The van der Waals surface area contributed by atoms with Crippen molar-refractivity contribution in [2.24, 2.45) is 0 Å². The van der Waals surface area contributed by atoms with Crippen molar-refractivity contribution in [2.45, 2.75) is 17.9 Å². The third-order valence-electron chi connectivity index (χ3n) is 4.80. The molecule has 2 aromatic heterocycles. The number of hydrogen-bond acceptors (Lipinski definition) is 4. The number of alkyl halides is 1. The molecule has 4 rings (SSSR count). The first-order chi connectivity index (χ1) is 16.0. The Hall–Kier alpha value is -3.01. The van der Waals surface area contributed by atoms with E-state index in [1.807, 2.05) is 71.3 Å². The van der Waals surface area contributed by atoms with Gasteiger partial charge in [-0.1, -0.05) is 52.3 Å². The lowest BCUT2D eigenvalue weighted by atomic mass is 10.1. The molecule has 2 heterocycles. The fraction of sp³-hybridized carbons (Fsp3) is 0.167. The molecule has 9 heteroatoms. The van der Waals surface area contributed by atoms with Gasteiger partial charge in [0.2, 0.25) is 10.0 Å². The van der Waals surface area contributed by atoms with Crippen molar-refractivity contribution in [2.75, 3.05) is 12.4 Å². The van der Waals surface area contributed by atoms with E-state index in [1.165, 1.54) is 12.1 Å². The van der Waals surface area contributed by atoms with E-state index < -0.39 is 15.8 Å². The SMILES string of the molecule is CBr.O=c1[nH]c(-c2ccccc2)c(-c2ccc(S(=O)(=O)NCCC[n+]3ccccc3)cc2)o1. The van der Waals surface area contributed by atoms with E-state index >= 15 is 0 Å². The van der Waals surface area contributed by atoms with Crippen LogP contribution >= 0.6 is 15.9 Å². The van der Waals surface area contributed by atoms with Crippen molar-refractivity contribution in [1.82, 2.24) is 9.71 Å². The van der Waals surface area contributed by atoms with E-state index in [0.717, 1.165) is 12.1 Å². The monoisotopic (exact) mass is 530 g/mol. The molecular formula is C24H25BrN3O4S+. The minimum atomic E-state index is -3.63. The summed E-state index contributed by atoms with van der Waals surface area (Å²) in [5.41, 5.74) is 1.97. The van der Waals surface area contributed by atoms with Gasteiger partial charge in [0.05, 0.1) is 10.6 Å². The lowest BCUT2D eigenvalue weighted by molar-refractivity contribution is -0.697. The van der Waals surface area contributed by atoms with Crippen LogP contribution in [0.2, 0.25) is 0 Å². The van der Waals surface area contributed by atoms with Crippen LogP contribution in [-0.2, 0) is 16.6 Å². The molecule has 33 heavy (non-hydrogen) atoms. The number of benzene rings is 2. The van der Waals surface area contributed by atoms with Crippen LogP contribution in [0.3, 0.4) is 0 Å². The molecule has 0 amide bonds. The van der Waals surface area contributed by atoms with Crippen LogP contribution in [0, 0.1) is 0 Å². The second-order valence-electron chi connectivity index (χ2n) is 6.97. The summed E-state index contributed by atoms with van der Waals surface area (Å²) < 4.78 is 35.1. The molecule has 2 N–H and O–H groups in total. The second kappa shape index (κ2) is 11.7. The Morgan fingerprint density at radius 1 is 0.909 bits per heavy atom. The fourth-order valence-electron chi connectivity index (χ4n) is 3.26. The maximum Gasteiger partial charge on any atom is 0.417 e. The van der Waals surface area contributed by atoms with Gasteiger partial charge in [0, 0.05) is 36.2 Å². The third kappa shape index (κ3) is 6.50. The lowest BCUT2D eigenvalue weighted by Crippen LogP contribution is -2.35. The van der Waals surface area contributed by atoms with Crippen molar-refractivity contribution in [3.05, 3.63) is 95.7 Å². The number of nitrogens with one attached hydrogen (secondary N) is 2. The first-order valence-corrected chi connectivity index (χ1v) is 13.3. The molecule has 0 atom stereocenters. The van der Waals surface area contributed by atoms with Gasteiger partial charge in [-0.05, 0) is 30.1 Å². The number of sulfonamides is 1. The third-order valence-corrected chi connectivity index (χ3v) is 6.28. The summed E-state index contributed by atoms with van der Waals surface area (Å²) in [6.45, 7) is 1.05. The van der Waals surface area contributed by atoms with Crippen LogP contribution < -0.4 is 15.0 Å². The zero-order chi connectivity index (χ0) is 23.7. The summed E-state index contributed by atoms with van der Waals surface area (Å²) >= 11 is 2.94. The van der Waals surface area contributed by atoms with Gasteiger partial charge in [0.25, 0.3) is 0 Å². The average molecular weight is 531 g/mol. The number of aryl methyl sites for hydroxylation is 1. The number of oxazole rings is 1. The van der Waals surface area contributed by atoms with Gasteiger partial charge in [0.15, 0.2) is 18.2 Å². The number of H-pyrrole nitrogens is 1. The normalized spacial score (nSPS) is 11.0. The Kier molecular flexibility index (Phi) is 8.76. The Bertz CT molecular complexity index is 1300. The zero-order valence-electron chi connectivity index (χ0n) is 18.1. The molecule has 0 aliphatic rings. The molecule has 172 valence electrons. The Labute approximate surface area is 201 Å². The predicted molar refractivity (Wildman–Crippen MR) is 131 cm³/mol. The molecule has 2 aromatic carbocycles. The summed E-state index contributed by atoms with van der Waals surface area (Å²) in [7, 11) is -3.63. The molecule has 0 aliphatic carbocycles. The average Bonchev–Trinajstić information content (AvgIpc) is 3.26. The molecule has 4 aromatic rings. The number of aromatic amines is 1. The van der Waals surface area contributed by atoms with E-state index in [0.29, 0.717) is 30.0 Å². The lowest BCUT2D eigenvalue weighted by Gasteiger charge is -2.07. The Morgan fingerprint density at radius 3 is 2.21 bits per heavy atom. The minimum absolute atomic E-state index is 0.155. The van der Waals surface area contributed by atoms with Gasteiger partial charge in [-0.3, -0.25) is 4.98 Å². The highest BCUT2D eigenvalue weighted by Gasteiger charge is 2.17. The van der Waals surface area contributed by atoms with Gasteiger partial charge in [-0.15, -0.1) is 0 Å². The molecule has 7 nitrogen and oxygen atoms in total. The highest BCUT2D eigenvalue weighted by Crippen LogP contribution is 2.30. The summed E-state index contributed by atoms with van der Waals surface area (Å²) in [6, 6.07) is 21.4.